The van der Waals surface area contributed by atoms with Crippen LogP contribution in [0.25, 0.3) is 0 Å². The second-order valence-corrected chi connectivity index (χ2v) is 6.91. The van der Waals surface area contributed by atoms with E-state index in [0.717, 1.165) is 5.56 Å². The van der Waals surface area contributed by atoms with E-state index in [-0.39, 0.29) is 23.0 Å². The van der Waals surface area contributed by atoms with Gasteiger partial charge < -0.3 is 5.32 Å². The predicted molar refractivity (Wildman–Crippen MR) is 82.9 cm³/mol. The zero-order chi connectivity index (χ0) is 15.3. The maximum Gasteiger partial charge on any atom is 0.225 e. The third-order valence-electron chi connectivity index (χ3n) is 3.04. The average molecular weight is 303 g/mol. The molecule has 0 aliphatic carbocycles. The Morgan fingerprint density at radius 1 is 1.00 bits per heavy atom. The molecule has 0 heterocycles. The van der Waals surface area contributed by atoms with Gasteiger partial charge in [0.2, 0.25) is 5.91 Å². The van der Waals surface area contributed by atoms with Crippen LogP contribution in [0.4, 0.5) is 5.69 Å². The van der Waals surface area contributed by atoms with Gasteiger partial charge in [0, 0.05) is 12.1 Å². The molecule has 2 rings (SSSR count). The molecule has 5 heteroatoms. The molecule has 0 fully saturated rings. The number of carbonyl (C=O) groups is 1. The summed E-state index contributed by atoms with van der Waals surface area (Å²) in [4.78, 5) is 12.0. The van der Waals surface area contributed by atoms with Gasteiger partial charge in [0.1, 0.15) is 0 Å². The summed E-state index contributed by atoms with van der Waals surface area (Å²) in [5, 5.41) is 2.69. The van der Waals surface area contributed by atoms with Crippen LogP contribution < -0.4 is 5.32 Å². The lowest BCUT2D eigenvalue weighted by Crippen LogP contribution is -2.17. The van der Waals surface area contributed by atoms with Gasteiger partial charge in [-0.05, 0) is 31.2 Å². The van der Waals surface area contributed by atoms with Crippen molar-refractivity contribution in [1.82, 2.24) is 0 Å². The van der Waals surface area contributed by atoms with Crippen molar-refractivity contribution in [3.63, 3.8) is 0 Å². The van der Waals surface area contributed by atoms with E-state index in [4.69, 9.17) is 0 Å². The molecule has 0 aromatic heterocycles. The molecule has 0 bridgehead atoms. The molecule has 2 aromatic carbocycles. The molecule has 110 valence electrons. The van der Waals surface area contributed by atoms with Gasteiger partial charge in [0.25, 0.3) is 0 Å². The Morgan fingerprint density at radius 2 is 1.62 bits per heavy atom. The number of benzene rings is 2. The van der Waals surface area contributed by atoms with Crippen molar-refractivity contribution in [2.75, 3.05) is 11.1 Å². The highest BCUT2D eigenvalue weighted by molar-refractivity contribution is 7.91. The molecule has 0 saturated carbocycles. The minimum atomic E-state index is -3.42. The maximum absolute atomic E-state index is 12.1. The molecule has 21 heavy (non-hydrogen) atoms. The lowest BCUT2D eigenvalue weighted by atomic mass is 10.2. The number of rotatable bonds is 5. The fourth-order valence-electron chi connectivity index (χ4n) is 1.83. The van der Waals surface area contributed by atoms with Crippen LogP contribution >= 0.6 is 0 Å². The van der Waals surface area contributed by atoms with Gasteiger partial charge in [0.05, 0.1) is 10.6 Å². The van der Waals surface area contributed by atoms with Gasteiger partial charge in [-0.3, -0.25) is 4.79 Å². The van der Waals surface area contributed by atoms with Crippen molar-refractivity contribution in [2.24, 2.45) is 0 Å². The zero-order valence-corrected chi connectivity index (χ0v) is 12.6. The topological polar surface area (TPSA) is 63.2 Å². The standard InChI is InChI=1S/C16H17NO3S/c1-13-7-9-14(10-8-13)17-16(18)11-12-21(19,20)15-5-3-2-4-6-15/h2-10H,11-12H2,1H3,(H,17,18). The van der Waals surface area contributed by atoms with Gasteiger partial charge in [-0.15, -0.1) is 0 Å². The number of aryl methyl sites for hydroxylation is 1. The Balaban J connectivity index is 1.93. The molecule has 0 unspecified atom stereocenters. The van der Waals surface area contributed by atoms with Crippen LogP contribution in [0.3, 0.4) is 0 Å². The Kier molecular flexibility index (Phi) is 4.75. The van der Waals surface area contributed by atoms with E-state index in [2.05, 4.69) is 5.32 Å². The van der Waals surface area contributed by atoms with E-state index in [1.165, 1.54) is 12.1 Å². The lowest BCUT2D eigenvalue weighted by molar-refractivity contribution is -0.115. The van der Waals surface area contributed by atoms with Crippen molar-refractivity contribution in [1.29, 1.82) is 0 Å². The number of anilines is 1. The number of sulfone groups is 1. The number of hydrogen-bond donors (Lipinski definition) is 1. The number of carbonyl (C=O) groups excluding carboxylic acids is 1. The van der Waals surface area contributed by atoms with Crippen molar-refractivity contribution >= 4 is 21.4 Å². The molecule has 1 amide bonds. The number of amides is 1. The molecule has 0 spiro atoms. The van der Waals surface area contributed by atoms with Gasteiger partial charge in [-0.2, -0.15) is 0 Å². The van der Waals surface area contributed by atoms with Gasteiger partial charge in [0.15, 0.2) is 9.84 Å². The molecule has 0 aliphatic rings. The molecule has 4 nitrogen and oxygen atoms in total. The molecule has 0 aliphatic heterocycles. The van der Waals surface area contributed by atoms with Crippen molar-refractivity contribution in [2.45, 2.75) is 18.2 Å². The van der Waals surface area contributed by atoms with Gasteiger partial charge in [-0.1, -0.05) is 35.9 Å². The molecule has 0 saturated heterocycles. The monoisotopic (exact) mass is 303 g/mol. The van der Waals surface area contributed by atoms with Crippen LogP contribution in [0, 0.1) is 6.92 Å². The first-order valence-electron chi connectivity index (χ1n) is 6.62. The van der Waals surface area contributed by atoms with Gasteiger partial charge >= 0.3 is 0 Å². The lowest BCUT2D eigenvalue weighted by Gasteiger charge is -2.06. The first-order valence-corrected chi connectivity index (χ1v) is 8.27. The Bertz CT molecular complexity index is 707. The van der Waals surface area contributed by atoms with Crippen molar-refractivity contribution in [3.05, 3.63) is 60.2 Å². The largest absolute Gasteiger partial charge is 0.326 e. The summed E-state index contributed by atoms with van der Waals surface area (Å²) >= 11 is 0. The Labute approximate surface area is 124 Å². The summed E-state index contributed by atoms with van der Waals surface area (Å²) in [5.74, 6) is -0.507. The first-order chi connectivity index (χ1) is 9.97. The number of hydrogen-bond acceptors (Lipinski definition) is 3. The van der Waals surface area contributed by atoms with Crippen LogP contribution in [0.2, 0.25) is 0 Å². The smallest absolute Gasteiger partial charge is 0.225 e. The minimum absolute atomic E-state index is 0.0644. The Hall–Kier alpha value is -2.14. The van der Waals surface area contributed by atoms with E-state index in [1.807, 2.05) is 19.1 Å². The van der Waals surface area contributed by atoms with Crippen LogP contribution in [0.15, 0.2) is 59.5 Å². The fourth-order valence-corrected chi connectivity index (χ4v) is 3.09. The average Bonchev–Trinajstić information content (AvgIpc) is 2.49. The Morgan fingerprint density at radius 3 is 2.24 bits per heavy atom. The summed E-state index contributed by atoms with van der Waals surface area (Å²) in [6.07, 6.45) is -0.0644. The van der Waals surface area contributed by atoms with Crippen LogP contribution in [0.5, 0.6) is 0 Å². The molecular formula is C16H17NO3S. The predicted octanol–water partition coefficient (Wildman–Crippen LogP) is 2.80. The highest BCUT2D eigenvalue weighted by Crippen LogP contribution is 2.12. The maximum atomic E-state index is 12.1. The van der Waals surface area contributed by atoms with Gasteiger partial charge in [-0.25, -0.2) is 8.42 Å². The highest BCUT2D eigenvalue weighted by Gasteiger charge is 2.15. The fraction of sp³-hybridized carbons (Fsp3) is 0.188. The molecule has 2 aromatic rings. The normalized spacial score (nSPS) is 11.1. The quantitative estimate of drug-likeness (QED) is 0.924. The van der Waals surface area contributed by atoms with E-state index < -0.39 is 9.84 Å². The summed E-state index contributed by atoms with van der Waals surface area (Å²) in [5.41, 5.74) is 1.77. The highest BCUT2D eigenvalue weighted by atomic mass is 32.2. The van der Waals surface area contributed by atoms with E-state index >= 15 is 0 Å². The first kappa shape index (κ1) is 15.3. The van der Waals surface area contributed by atoms with Crippen molar-refractivity contribution in [3.8, 4) is 0 Å². The minimum Gasteiger partial charge on any atom is -0.326 e. The van der Waals surface area contributed by atoms with Crippen LogP contribution in [0.1, 0.15) is 12.0 Å². The van der Waals surface area contributed by atoms with E-state index in [1.54, 1.807) is 30.3 Å². The summed E-state index contributed by atoms with van der Waals surface area (Å²) in [6.45, 7) is 1.96. The summed E-state index contributed by atoms with van der Waals surface area (Å²) in [7, 11) is -3.42. The zero-order valence-electron chi connectivity index (χ0n) is 11.7. The molecule has 1 N–H and O–H groups in total. The summed E-state index contributed by atoms with van der Waals surface area (Å²) < 4.78 is 24.1. The summed E-state index contributed by atoms with van der Waals surface area (Å²) in [6, 6.07) is 15.5. The SMILES string of the molecule is Cc1ccc(NC(=O)CCS(=O)(=O)c2ccccc2)cc1. The molecule has 0 atom stereocenters. The van der Waals surface area contributed by atoms with E-state index in [0.29, 0.717) is 5.69 Å². The number of nitrogens with one attached hydrogen (secondary N) is 1. The third kappa shape index (κ3) is 4.43. The molecular weight excluding hydrogens is 286 g/mol. The molecule has 0 radical (unpaired) electrons. The van der Waals surface area contributed by atoms with Crippen LogP contribution in [-0.2, 0) is 14.6 Å². The second kappa shape index (κ2) is 6.54. The van der Waals surface area contributed by atoms with E-state index in [9.17, 15) is 13.2 Å². The third-order valence-corrected chi connectivity index (χ3v) is 4.77. The van der Waals surface area contributed by atoms with Crippen molar-refractivity contribution < 1.29 is 13.2 Å². The second-order valence-electron chi connectivity index (χ2n) is 4.80. The van der Waals surface area contributed by atoms with Crippen LogP contribution in [-0.4, -0.2) is 20.1 Å².